The lowest BCUT2D eigenvalue weighted by molar-refractivity contribution is 0.247. The standard InChI is InChI=1S/C13H16ClN3O2S2/c14-12-2-3-13(20-12)21(18,19)17-8-4-11(5-9-17)10-16-7-1-6-15-16/h1-3,6-7,11H,4-5,8-10H2. The van der Waals surface area contributed by atoms with Crippen molar-refractivity contribution in [2.45, 2.75) is 23.6 Å². The summed E-state index contributed by atoms with van der Waals surface area (Å²) in [7, 11) is -3.38. The topological polar surface area (TPSA) is 55.2 Å². The highest BCUT2D eigenvalue weighted by molar-refractivity contribution is 7.91. The average molecular weight is 346 g/mol. The number of rotatable bonds is 4. The van der Waals surface area contributed by atoms with Gasteiger partial charge in [0.25, 0.3) is 10.0 Å². The maximum atomic E-state index is 12.5. The largest absolute Gasteiger partial charge is 0.272 e. The number of hydrogen-bond donors (Lipinski definition) is 0. The fourth-order valence-electron chi connectivity index (χ4n) is 2.57. The van der Waals surface area contributed by atoms with Crippen LogP contribution < -0.4 is 0 Å². The molecule has 0 bridgehead atoms. The minimum atomic E-state index is -3.38. The second-order valence-corrected chi connectivity index (χ2v) is 9.01. The first-order valence-electron chi connectivity index (χ1n) is 6.78. The van der Waals surface area contributed by atoms with Crippen molar-refractivity contribution in [2.24, 2.45) is 5.92 Å². The molecule has 0 aromatic carbocycles. The summed E-state index contributed by atoms with van der Waals surface area (Å²) in [6.07, 6.45) is 5.42. The van der Waals surface area contributed by atoms with Gasteiger partial charge in [0.15, 0.2) is 0 Å². The third-order valence-electron chi connectivity index (χ3n) is 3.72. The van der Waals surface area contributed by atoms with Gasteiger partial charge >= 0.3 is 0 Å². The van der Waals surface area contributed by atoms with Crippen molar-refractivity contribution in [3.8, 4) is 0 Å². The summed E-state index contributed by atoms with van der Waals surface area (Å²) < 4.78 is 29.3. The average Bonchev–Trinajstić information content (AvgIpc) is 3.11. The van der Waals surface area contributed by atoms with E-state index in [1.165, 1.54) is 0 Å². The van der Waals surface area contributed by atoms with Gasteiger partial charge in [0.2, 0.25) is 0 Å². The van der Waals surface area contributed by atoms with Crippen molar-refractivity contribution < 1.29 is 8.42 Å². The van der Waals surface area contributed by atoms with Crippen LogP contribution in [0.2, 0.25) is 4.34 Å². The quantitative estimate of drug-likeness (QED) is 0.856. The second-order valence-electron chi connectivity index (χ2n) is 5.13. The third-order valence-corrected chi connectivity index (χ3v) is 7.32. The number of sulfonamides is 1. The molecular weight excluding hydrogens is 330 g/mol. The molecule has 5 nitrogen and oxygen atoms in total. The summed E-state index contributed by atoms with van der Waals surface area (Å²) in [6.45, 7) is 1.97. The van der Waals surface area contributed by atoms with Gasteiger partial charge in [0.05, 0.1) is 4.34 Å². The molecule has 114 valence electrons. The number of aromatic nitrogens is 2. The van der Waals surface area contributed by atoms with E-state index in [4.69, 9.17) is 11.6 Å². The molecular formula is C13H16ClN3O2S2. The molecule has 3 heterocycles. The van der Waals surface area contributed by atoms with Crippen LogP contribution in [0.3, 0.4) is 0 Å². The van der Waals surface area contributed by atoms with E-state index in [1.54, 1.807) is 22.6 Å². The van der Waals surface area contributed by atoms with Crippen LogP contribution in [0.25, 0.3) is 0 Å². The minimum absolute atomic E-state index is 0.332. The highest BCUT2D eigenvalue weighted by atomic mass is 35.5. The lowest BCUT2D eigenvalue weighted by atomic mass is 9.98. The molecule has 8 heteroatoms. The Kier molecular flexibility index (Phi) is 4.35. The number of nitrogens with zero attached hydrogens (tertiary/aromatic N) is 3. The molecule has 1 saturated heterocycles. The summed E-state index contributed by atoms with van der Waals surface area (Å²) in [5, 5.41) is 4.20. The van der Waals surface area contributed by atoms with E-state index < -0.39 is 10.0 Å². The van der Waals surface area contributed by atoms with Crippen LogP contribution >= 0.6 is 22.9 Å². The van der Waals surface area contributed by atoms with E-state index in [-0.39, 0.29) is 0 Å². The van der Waals surface area contributed by atoms with E-state index in [2.05, 4.69) is 5.10 Å². The summed E-state index contributed by atoms with van der Waals surface area (Å²) in [5.74, 6) is 0.475. The van der Waals surface area contributed by atoms with Crippen LogP contribution in [-0.2, 0) is 16.6 Å². The first-order valence-corrected chi connectivity index (χ1v) is 9.42. The Morgan fingerprint density at radius 2 is 2.10 bits per heavy atom. The third kappa shape index (κ3) is 3.31. The monoisotopic (exact) mass is 345 g/mol. The fourth-order valence-corrected chi connectivity index (χ4v) is 5.68. The lowest BCUT2D eigenvalue weighted by Gasteiger charge is -2.30. The van der Waals surface area contributed by atoms with Crippen LogP contribution in [-0.4, -0.2) is 35.6 Å². The van der Waals surface area contributed by atoms with Gasteiger partial charge in [0, 0.05) is 32.0 Å². The van der Waals surface area contributed by atoms with Crippen molar-refractivity contribution in [3.05, 3.63) is 34.9 Å². The molecule has 2 aromatic rings. The minimum Gasteiger partial charge on any atom is -0.272 e. The molecule has 0 amide bonds. The molecule has 1 fully saturated rings. The predicted octanol–water partition coefficient (Wildman–Crippen LogP) is 2.70. The normalized spacial score (nSPS) is 18.1. The van der Waals surface area contributed by atoms with Crippen molar-refractivity contribution in [1.82, 2.24) is 14.1 Å². The van der Waals surface area contributed by atoms with Gasteiger partial charge in [-0.05, 0) is 37.0 Å². The molecule has 21 heavy (non-hydrogen) atoms. The van der Waals surface area contributed by atoms with Gasteiger partial charge < -0.3 is 0 Å². The molecule has 0 unspecified atom stereocenters. The Morgan fingerprint density at radius 3 is 2.67 bits per heavy atom. The Balaban J connectivity index is 1.63. The summed E-state index contributed by atoms with van der Waals surface area (Å²) >= 11 is 6.95. The molecule has 3 rings (SSSR count). The number of hydrogen-bond acceptors (Lipinski definition) is 4. The number of thiophene rings is 1. The highest BCUT2D eigenvalue weighted by Crippen LogP contribution is 2.30. The smallest absolute Gasteiger partial charge is 0.252 e. The highest BCUT2D eigenvalue weighted by Gasteiger charge is 2.30. The summed E-state index contributed by atoms with van der Waals surface area (Å²) in [6, 6.07) is 5.11. The Morgan fingerprint density at radius 1 is 1.33 bits per heavy atom. The first-order chi connectivity index (χ1) is 10.1. The van der Waals surface area contributed by atoms with Crippen molar-refractivity contribution in [2.75, 3.05) is 13.1 Å². The first kappa shape index (κ1) is 15.0. The zero-order chi connectivity index (χ0) is 14.9. The van der Waals surface area contributed by atoms with E-state index in [0.29, 0.717) is 27.6 Å². The van der Waals surface area contributed by atoms with E-state index in [9.17, 15) is 8.42 Å². The summed E-state index contributed by atoms with van der Waals surface area (Å²) in [4.78, 5) is 0. The Hall–Kier alpha value is -0.890. The molecule has 0 aliphatic carbocycles. The zero-order valence-electron chi connectivity index (χ0n) is 11.4. The van der Waals surface area contributed by atoms with Crippen molar-refractivity contribution >= 4 is 33.0 Å². The van der Waals surface area contributed by atoms with E-state index >= 15 is 0 Å². The van der Waals surface area contributed by atoms with Gasteiger partial charge in [-0.2, -0.15) is 9.40 Å². The lowest BCUT2D eigenvalue weighted by Crippen LogP contribution is -2.39. The zero-order valence-corrected chi connectivity index (χ0v) is 13.7. The Labute approximate surface area is 133 Å². The van der Waals surface area contributed by atoms with Crippen LogP contribution in [0, 0.1) is 5.92 Å². The molecule has 1 aliphatic heterocycles. The van der Waals surface area contributed by atoms with Crippen LogP contribution in [0.15, 0.2) is 34.8 Å². The molecule has 2 aromatic heterocycles. The Bertz CT molecular complexity index is 689. The number of halogens is 1. The summed E-state index contributed by atoms with van der Waals surface area (Å²) in [5.41, 5.74) is 0. The van der Waals surface area contributed by atoms with Gasteiger partial charge in [-0.1, -0.05) is 11.6 Å². The molecule has 0 atom stereocenters. The fraction of sp³-hybridized carbons (Fsp3) is 0.462. The van der Waals surface area contributed by atoms with Crippen LogP contribution in [0.4, 0.5) is 0 Å². The molecule has 1 aliphatic rings. The van der Waals surface area contributed by atoms with Crippen molar-refractivity contribution in [3.63, 3.8) is 0 Å². The molecule has 0 saturated carbocycles. The van der Waals surface area contributed by atoms with Crippen LogP contribution in [0.5, 0.6) is 0 Å². The van der Waals surface area contributed by atoms with Gasteiger partial charge in [-0.3, -0.25) is 4.68 Å². The van der Waals surface area contributed by atoms with Crippen LogP contribution in [0.1, 0.15) is 12.8 Å². The number of piperidine rings is 1. The molecule has 0 N–H and O–H groups in total. The van der Waals surface area contributed by atoms with Crippen molar-refractivity contribution in [1.29, 1.82) is 0 Å². The second kappa shape index (κ2) is 6.08. The maximum Gasteiger partial charge on any atom is 0.252 e. The molecule has 0 radical (unpaired) electrons. The van der Waals surface area contributed by atoms with Gasteiger partial charge in [-0.25, -0.2) is 8.42 Å². The van der Waals surface area contributed by atoms with Gasteiger partial charge in [0.1, 0.15) is 4.21 Å². The maximum absolute atomic E-state index is 12.5. The molecule has 0 spiro atoms. The SMILES string of the molecule is O=S(=O)(c1ccc(Cl)s1)N1CCC(Cn2cccn2)CC1. The van der Waals surface area contributed by atoms with E-state index in [1.807, 2.05) is 16.9 Å². The van der Waals surface area contributed by atoms with E-state index in [0.717, 1.165) is 30.7 Å². The van der Waals surface area contributed by atoms with Gasteiger partial charge in [-0.15, -0.1) is 11.3 Å². The predicted molar refractivity (Wildman–Crippen MR) is 83.0 cm³/mol.